The summed E-state index contributed by atoms with van der Waals surface area (Å²) in [4.78, 5) is 4.42. The van der Waals surface area contributed by atoms with Crippen LogP contribution in [0.4, 0.5) is 0 Å². The minimum Gasteiger partial charge on any atom is -0.388 e. The van der Waals surface area contributed by atoms with E-state index in [9.17, 15) is 0 Å². The van der Waals surface area contributed by atoms with Crippen LogP contribution in [-0.2, 0) is 16.1 Å². The van der Waals surface area contributed by atoms with Gasteiger partial charge in [-0.2, -0.15) is 0 Å². The minimum atomic E-state index is 0.0319. The Morgan fingerprint density at radius 2 is 2.38 bits per heavy atom. The van der Waals surface area contributed by atoms with Crippen LogP contribution < -0.4 is 5.73 Å². The molecule has 88 valence electrons. The molecule has 0 radical (unpaired) electrons. The third-order valence-electron chi connectivity index (χ3n) is 2.05. The van der Waals surface area contributed by atoms with Crippen molar-refractivity contribution in [2.75, 3.05) is 13.7 Å². The van der Waals surface area contributed by atoms with E-state index >= 15 is 0 Å². The smallest absolute Gasteiger partial charge is 0.123 e. The average Bonchev–Trinajstić information content (AvgIpc) is 2.27. The van der Waals surface area contributed by atoms with Crippen LogP contribution in [0.15, 0.2) is 18.3 Å². The van der Waals surface area contributed by atoms with Crippen molar-refractivity contribution in [2.24, 2.45) is 5.73 Å². The zero-order valence-corrected chi connectivity index (χ0v) is 10.3. The van der Waals surface area contributed by atoms with Gasteiger partial charge in [0.05, 0.1) is 19.3 Å². The fourth-order valence-corrected chi connectivity index (χ4v) is 1.48. The van der Waals surface area contributed by atoms with E-state index in [1.807, 2.05) is 19.1 Å². The number of nitrogens with two attached hydrogens (primary N) is 1. The summed E-state index contributed by atoms with van der Waals surface area (Å²) in [6.45, 7) is 2.94. The summed E-state index contributed by atoms with van der Waals surface area (Å²) >= 11 is 4.92. The Labute approximate surface area is 101 Å². The lowest BCUT2D eigenvalue weighted by Gasteiger charge is -2.13. The van der Waals surface area contributed by atoms with Crippen molar-refractivity contribution in [3.63, 3.8) is 0 Å². The van der Waals surface area contributed by atoms with E-state index in [1.165, 1.54) is 0 Å². The summed E-state index contributed by atoms with van der Waals surface area (Å²) in [6, 6.07) is 3.74. The Morgan fingerprint density at radius 3 is 3.00 bits per heavy atom. The van der Waals surface area contributed by atoms with Gasteiger partial charge in [-0.3, -0.25) is 4.98 Å². The number of ether oxygens (including phenoxy) is 2. The SMILES string of the molecule is COCC(C)OCc1cccnc1C(N)=S. The molecule has 0 aromatic carbocycles. The molecule has 0 amide bonds. The van der Waals surface area contributed by atoms with E-state index < -0.39 is 0 Å². The van der Waals surface area contributed by atoms with Crippen molar-refractivity contribution in [3.05, 3.63) is 29.6 Å². The number of pyridine rings is 1. The van der Waals surface area contributed by atoms with E-state index in [0.29, 0.717) is 23.9 Å². The van der Waals surface area contributed by atoms with Gasteiger partial charge in [-0.05, 0) is 13.0 Å². The van der Waals surface area contributed by atoms with Gasteiger partial charge in [0.1, 0.15) is 10.7 Å². The third-order valence-corrected chi connectivity index (χ3v) is 2.24. The van der Waals surface area contributed by atoms with Crippen LogP contribution in [0.25, 0.3) is 0 Å². The first-order chi connectivity index (χ1) is 7.65. The number of hydrogen-bond acceptors (Lipinski definition) is 4. The summed E-state index contributed by atoms with van der Waals surface area (Å²) in [5.41, 5.74) is 7.10. The largest absolute Gasteiger partial charge is 0.388 e. The van der Waals surface area contributed by atoms with Crippen molar-refractivity contribution in [3.8, 4) is 0 Å². The molecule has 1 unspecified atom stereocenters. The van der Waals surface area contributed by atoms with Crippen LogP contribution in [0.5, 0.6) is 0 Å². The molecule has 0 aliphatic rings. The Kier molecular flexibility index (Phi) is 5.31. The molecule has 0 saturated heterocycles. The van der Waals surface area contributed by atoms with Crippen molar-refractivity contribution in [1.82, 2.24) is 4.98 Å². The summed E-state index contributed by atoms with van der Waals surface area (Å²) in [6.07, 6.45) is 1.70. The van der Waals surface area contributed by atoms with Crippen LogP contribution in [0.3, 0.4) is 0 Å². The molecule has 4 nitrogen and oxygen atoms in total. The molecule has 1 aromatic heterocycles. The van der Waals surface area contributed by atoms with Crippen LogP contribution in [0.1, 0.15) is 18.2 Å². The molecular weight excluding hydrogens is 224 g/mol. The maximum absolute atomic E-state index is 5.58. The molecule has 1 aromatic rings. The average molecular weight is 240 g/mol. The number of methoxy groups -OCH3 is 1. The zero-order valence-electron chi connectivity index (χ0n) is 9.47. The van der Waals surface area contributed by atoms with Gasteiger partial charge in [0.15, 0.2) is 0 Å². The normalized spacial score (nSPS) is 12.4. The van der Waals surface area contributed by atoms with E-state index in [1.54, 1.807) is 13.3 Å². The molecule has 0 aliphatic heterocycles. The van der Waals surface area contributed by atoms with Gasteiger partial charge in [0.2, 0.25) is 0 Å². The molecule has 5 heteroatoms. The second-order valence-electron chi connectivity index (χ2n) is 3.45. The van der Waals surface area contributed by atoms with Crippen LogP contribution in [0.2, 0.25) is 0 Å². The van der Waals surface area contributed by atoms with E-state index in [4.69, 9.17) is 27.4 Å². The molecule has 1 heterocycles. The van der Waals surface area contributed by atoms with Crippen molar-refractivity contribution >= 4 is 17.2 Å². The molecule has 1 atom stereocenters. The zero-order chi connectivity index (χ0) is 12.0. The fourth-order valence-electron chi connectivity index (χ4n) is 1.29. The van der Waals surface area contributed by atoms with Crippen molar-refractivity contribution < 1.29 is 9.47 Å². The lowest BCUT2D eigenvalue weighted by molar-refractivity contribution is -0.000262. The number of thiocarbonyl (C=S) groups is 1. The Bertz CT molecular complexity index is 358. The summed E-state index contributed by atoms with van der Waals surface area (Å²) < 4.78 is 10.6. The van der Waals surface area contributed by atoms with Gasteiger partial charge in [0, 0.05) is 18.9 Å². The predicted octanol–water partition coefficient (Wildman–Crippen LogP) is 1.27. The van der Waals surface area contributed by atoms with E-state index in [0.717, 1.165) is 5.56 Å². The maximum atomic E-state index is 5.58. The molecule has 0 fully saturated rings. The molecule has 0 saturated carbocycles. The first kappa shape index (κ1) is 13.0. The number of nitrogens with zero attached hydrogens (tertiary/aromatic N) is 1. The quantitative estimate of drug-likeness (QED) is 0.759. The summed E-state index contributed by atoms with van der Waals surface area (Å²) in [5, 5.41) is 0. The topological polar surface area (TPSA) is 57.4 Å². The third kappa shape index (κ3) is 3.84. The molecule has 0 spiro atoms. The van der Waals surface area contributed by atoms with Gasteiger partial charge in [0.25, 0.3) is 0 Å². The van der Waals surface area contributed by atoms with Crippen molar-refractivity contribution in [1.29, 1.82) is 0 Å². The van der Waals surface area contributed by atoms with Gasteiger partial charge in [-0.1, -0.05) is 18.3 Å². The monoisotopic (exact) mass is 240 g/mol. The summed E-state index contributed by atoms with van der Waals surface area (Å²) in [5.74, 6) is 0. The predicted molar refractivity (Wildman–Crippen MR) is 66.3 cm³/mol. The minimum absolute atomic E-state index is 0.0319. The second-order valence-corrected chi connectivity index (χ2v) is 3.89. The maximum Gasteiger partial charge on any atom is 0.123 e. The van der Waals surface area contributed by atoms with Crippen LogP contribution >= 0.6 is 12.2 Å². The Morgan fingerprint density at radius 1 is 1.62 bits per heavy atom. The molecule has 1 rings (SSSR count). The Hall–Kier alpha value is -1.04. The van der Waals surface area contributed by atoms with Gasteiger partial charge in [-0.15, -0.1) is 0 Å². The van der Waals surface area contributed by atoms with Gasteiger partial charge >= 0.3 is 0 Å². The molecule has 2 N–H and O–H groups in total. The van der Waals surface area contributed by atoms with E-state index in [-0.39, 0.29) is 6.10 Å². The van der Waals surface area contributed by atoms with Gasteiger partial charge in [-0.25, -0.2) is 0 Å². The second kappa shape index (κ2) is 6.52. The number of hydrogen-bond donors (Lipinski definition) is 1. The Balaban J connectivity index is 2.63. The highest BCUT2D eigenvalue weighted by Crippen LogP contribution is 2.08. The van der Waals surface area contributed by atoms with Crippen LogP contribution in [0, 0.1) is 0 Å². The highest BCUT2D eigenvalue weighted by atomic mass is 32.1. The lowest BCUT2D eigenvalue weighted by Crippen LogP contribution is -2.18. The number of rotatable bonds is 6. The standard InChI is InChI=1S/C11H16N2O2S/c1-8(6-14-2)15-7-9-4-3-5-13-10(9)11(12)16/h3-5,8H,6-7H2,1-2H3,(H2,12,16). The van der Waals surface area contributed by atoms with Crippen molar-refractivity contribution in [2.45, 2.75) is 19.6 Å². The lowest BCUT2D eigenvalue weighted by atomic mass is 10.2. The van der Waals surface area contributed by atoms with Gasteiger partial charge < -0.3 is 15.2 Å². The highest BCUT2D eigenvalue weighted by molar-refractivity contribution is 7.80. The molecule has 0 aliphatic carbocycles. The number of aromatic nitrogens is 1. The molecular formula is C11H16N2O2S. The first-order valence-corrected chi connectivity index (χ1v) is 5.40. The van der Waals surface area contributed by atoms with Crippen LogP contribution in [-0.4, -0.2) is 29.8 Å². The van der Waals surface area contributed by atoms with E-state index in [2.05, 4.69) is 4.98 Å². The highest BCUT2D eigenvalue weighted by Gasteiger charge is 2.08. The molecule has 16 heavy (non-hydrogen) atoms. The molecule has 0 bridgehead atoms. The first-order valence-electron chi connectivity index (χ1n) is 4.99. The fraction of sp³-hybridized carbons (Fsp3) is 0.455. The summed E-state index contributed by atoms with van der Waals surface area (Å²) in [7, 11) is 1.64.